The Labute approximate surface area is 134 Å². The van der Waals surface area contributed by atoms with E-state index in [0.29, 0.717) is 18.5 Å². The van der Waals surface area contributed by atoms with E-state index in [4.69, 9.17) is 5.73 Å². The molecule has 1 heterocycles. The standard InChI is InChI=1S/C17H23N3O3/c1-2-20-11-14(17(22)23)16(21)13-10-12(5-6-15(13)20)4-3-8-19-9-7-18/h5-6,10-11,19H,2-4,7-9,18H2,1H3,(H,22,23). The van der Waals surface area contributed by atoms with E-state index in [1.165, 1.54) is 6.20 Å². The van der Waals surface area contributed by atoms with Crippen LogP contribution >= 0.6 is 0 Å². The number of nitrogens with two attached hydrogens (primary N) is 1. The van der Waals surface area contributed by atoms with Gasteiger partial charge >= 0.3 is 5.97 Å². The first-order valence-corrected chi connectivity index (χ1v) is 7.88. The predicted molar refractivity (Wildman–Crippen MR) is 91.1 cm³/mol. The molecule has 0 spiro atoms. The minimum absolute atomic E-state index is 0.180. The molecule has 0 aliphatic heterocycles. The summed E-state index contributed by atoms with van der Waals surface area (Å²) in [5, 5.41) is 12.9. The van der Waals surface area contributed by atoms with Crippen molar-refractivity contribution in [3.63, 3.8) is 0 Å². The maximum Gasteiger partial charge on any atom is 0.341 e. The summed E-state index contributed by atoms with van der Waals surface area (Å²) in [5.41, 5.74) is 6.63. The quantitative estimate of drug-likeness (QED) is 0.636. The number of pyridine rings is 1. The molecule has 0 unspecified atom stereocenters. The van der Waals surface area contributed by atoms with Crippen molar-refractivity contribution < 1.29 is 9.90 Å². The molecule has 0 fully saturated rings. The second-order valence-electron chi connectivity index (χ2n) is 5.46. The number of aromatic nitrogens is 1. The molecule has 0 amide bonds. The van der Waals surface area contributed by atoms with Crippen molar-refractivity contribution in [1.29, 1.82) is 0 Å². The first-order chi connectivity index (χ1) is 11.1. The second-order valence-corrected chi connectivity index (χ2v) is 5.46. The van der Waals surface area contributed by atoms with Crippen LogP contribution in [0, 0.1) is 0 Å². The highest BCUT2D eigenvalue weighted by Crippen LogP contribution is 2.16. The topological polar surface area (TPSA) is 97.3 Å². The smallest absolute Gasteiger partial charge is 0.341 e. The summed E-state index contributed by atoms with van der Waals surface area (Å²) in [6.07, 6.45) is 3.19. The Kier molecular flexibility index (Phi) is 5.90. The van der Waals surface area contributed by atoms with E-state index >= 15 is 0 Å². The van der Waals surface area contributed by atoms with Gasteiger partial charge in [0.05, 0.1) is 5.52 Å². The van der Waals surface area contributed by atoms with E-state index in [0.717, 1.165) is 37.0 Å². The molecule has 4 N–H and O–H groups in total. The van der Waals surface area contributed by atoms with Crippen LogP contribution in [0.3, 0.4) is 0 Å². The number of benzene rings is 1. The van der Waals surface area contributed by atoms with Crippen LogP contribution in [-0.2, 0) is 13.0 Å². The Bertz CT molecular complexity index is 753. The number of carbonyl (C=O) groups is 1. The van der Waals surface area contributed by atoms with Crippen LogP contribution < -0.4 is 16.5 Å². The number of rotatable bonds is 8. The number of nitrogens with one attached hydrogen (secondary N) is 1. The summed E-state index contributed by atoms with van der Waals surface area (Å²) >= 11 is 0. The van der Waals surface area contributed by atoms with Gasteiger partial charge in [0.2, 0.25) is 5.43 Å². The summed E-state index contributed by atoms with van der Waals surface area (Å²) < 4.78 is 1.80. The highest BCUT2D eigenvalue weighted by atomic mass is 16.4. The summed E-state index contributed by atoms with van der Waals surface area (Å²) in [5.74, 6) is -1.18. The molecule has 2 rings (SSSR count). The zero-order chi connectivity index (χ0) is 16.8. The molecule has 0 saturated carbocycles. The Morgan fingerprint density at radius 1 is 1.35 bits per heavy atom. The Hall–Kier alpha value is -2.18. The van der Waals surface area contributed by atoms with Gasteiger partial charge in [-0.3, -0.25) is 4.79 Å². The fourth-order valence-electron chi connectivity index (χ4n) is 2.66. The average molecular weight is 317 g/mol. The molecule has 0 saturated heterocycles. The summed E-state index contributed by atoms with van der Waals surface area (Å²) in [6.45, 7) is 4.81. The number of hydrogen-bond acceptors (Lipinski definition) is 4. The van der Waals surface area contributed by atoms with Gasteiger partial charge in [-0.05, 0) is 44.0 Å². The van der Waals surface area contributed by atoms with Gasteiger partial charge in [-0.15, -0.1) is 0 Å². The van der Waals surface area contributed by atoms with E-state index in [2.05, 4.69) is 5.32 Å². The third-order valence-electron chi connectivity index (χ3n) is 3.86. The van der Waals surface area contributed by atoms with Gasteiger partial charge in [0, 0.05) is 31.2 Å². The number of hydrogen-bond donors (Lipinski definition) is 3. The molecule has 0 aliphatic carbocycles. The van der Waals surface area contributed by atoms with Crippen LogP contribution in [0.5, 0.6) is 0 Å². The Morgan fingerprint density at radius 3 is 2.78 bits per heavy atom. The van der Waals surface area contributed by atoms with Crippen LogP contribution in [0.2, 0.25) is 0 Å². The Balaban J connectivity index is 2.32. The molecular formula is C17H23N3O3. The van der Waals surface area contributed by atoms with Gasteiger partial charge in [-0.25, -0.2) is 4.79 Å². The van der Waals surface area contributed by atoms with Crippen molar-refractivity contribution in [3.8, 4) is 0 Å². The van der Waals surface area contributed by atoms with E-state index in [1.807, 2.05) is 25.1 Å². The van der Waals surface area contributed by atoms with Gasteiger partial charge in [0.15, 0.2) is 0 Å². The number of aromatic carboxylic acids is 1. The fraction of sp³-hybridized carbons (Fsp3) is 0.412. The zero-order valence-electron chi connectivity index (χ0n) is 13.3. The summed E-state index contributed by atoms with van der Waals surface area (Å²) in [7, 11) is 0. The maximum absolute atomic E-state index is 12.4. The minimum atomic E-state index is -1.18. The normalized spacial score (nSPS) is 11.0. The van der Waals surface area contributed by atoms with Crippen molar-refractivity contribution in [2.45, 2.75) is 26.3 Å². The molecule has 6 nitrogen and oxygen atoms in total. The van der Waals surface area contributed by atoms with Crippen molar-refractivity contribution >= 4 is 16.9 Å². The molecular weight excluding hydrogens is 294 g/mol. The second kappa shape index (κ2) is 7.89. The van der Waals surface area contributed by atoms with E-state index in [9.17, 15) is 14.7 Å². The van der Waals surface area contributed by atoms with Gasteiger partial charge in [-0.2, -0.15) is 0 Å². The van der Waals surface area contributed by atoms with Gasteiger partial charge < -0.3 is 20.7 Å². The third-order valence-corrected chi connectivity index (χ3v) is 3.86. The SMILES string of the molecule is CCn1cc(C(=O)O)c(=O)c2cc(CCCNCCN)ccc21. The monoisotopic (exact) mass is 317 g/mol. The largest absolute Gasteiger partial charge is 0.477 e. The van der Waals surface area contributed by atoms with Crippen LogP contribution in [0.1, 0.15) is 29.3 Å². The number of carboxylic acids is 1. The molecule has 23 heavy (non-hydrogen) atoms. The average Bonchev–Trinajstić information content (AvgIpc) is 2.55. The van der Waals surface area contributed by atoms with Crippen LogP contribution in [0.15, 0.2) is 29.2 Å². The van der Waals surface area contributed by atoms with Crippen LogP contribution in [0.4, 0.5) is 0 Å². The number of nitrogens with zero attached hydrogens (tertiary/aromatic N) is 1. The van der Waals surface area contributed by atoms with Crippen molar-refractivity contribution in [2.24, 2.45) is 5.73 Å². The third kappa shape index (κ3) is 3.97. The van der Waals surface area contributed by atoms with Crippen molar-refractivity contribution in [2.75, 3.05) is 19.6 Å². The molecule has 0 atom stereocenters. The summed E-state index contributed by atoms with van der Waals surface area (Å²) in [6, 6.07) is 5.71. The number of fused-ring (bicyclic) bond motifs is 1. The molecule has 124 valence electrons. The fourth-order valence-corrected chi connectivity index (χ4v) is 2.66. The van der Waals surface area contributed by atoms with Crippen molar-refractivity contribution in [1.82, 2.24) is 9.88 Å². The van der Waals surface area contributed by atoms with Crippen LogP contribution in [0.25, 0.3) is 10.9 Å². The molecule has 0 radical (unpaired) electrons. The molecule has 1 aromatic heterocycles. The number of carboxylic acid groups (broad SMARTS) is 1. The minimum Gasteiger partial charge on any atom is -0.477 e. The maximum atomic E-state index is 12.4. The highest BCUT2D eigenvalue weighted by molar-refractivity contribution is 5.92. The van der Waals surface area contributed by atoms with E-state index in [-0.39, 0.29) is 5.56 Å². The Morgan fingerprint density at radius 2 is 2.13 bits per heavy atom. The lowest BCUT2D eigenvalue weighted by Gasteiger charge is -2.11. The first-order valence-electron chi connectivity index (χ1n) is 7.88. The summed E-state index contributed by atoms with van der Waals surface area (Å²) in [4.78, 5) is 23.6. The number of aryl methyl sites for hydroxylation is 2. The highest BCUT2D eigenvalue weighted by Gasteiger charge is 2.14. The first kappa shape index (κ1) is 17.2. The van der Waals surface area contributed by atoms with Gasteiger partial charge in [-0.1, -0.05) is 6.07 Å². The lowest BCUT2D eigenvalue weighted by Crippen LogP contribution is -2.23. The lowest BCUT2D eigenvalue weighted by atomic mass is 10.0. The van der Waals surface area contributed by atoms with Gasteiger partial charge in [0.1, 0.15) is 5.56 Å². The van der Waals surface area contributed by atoms with Crippen LogP contribution in [-0.4, -0.2) is 35.3 Å². The van der Waals surface area contributed by atoms with Crippen molar-refractivity contribution in [3.05, 3.63) is 45.7 Å². The molecule has 6 heteroatoms. The van der Waals surface area contributed by atoms with Gasteiger partial charge in [0.25, 0.3) is 0 Å². The molecule has 1 aromatic carbocycles. The van der Waals surface area contributed by atoms with E-state index < -0.39 is 11.4 Å². The molecule has 0 aliphatic rings. The molecule has 2 aromatic rings. The predicted octanol–water partition coefficient (Wildman–Crippen LogP) is 1.20. The zero-order valence-corrected chi connectivity index (χ0v) is 13.3. The van der Waals surface area contributed by atoms with E-state index in [1.54, 1.807) is 4.57 Å². The lowest BCUT2D eigenvalue weighted by molar-refractivity contribution is 0.0695. The molecule has 0 bridgehead atoms.